The normalized spacial score (nSPS) is 20.0. The van der Waals surface area contributed by atoms with Gasteiger partial charge in [-0.1, -0.05) is 86.5 Å². The zero-order valence-corrected chi connectivity index (χ0v) is 68.6. The van der Waals surface area contributed by atoms with Gasteiger partial charge in [0.2, 0.25) is 17.8 Å². The van der Waals surface area contributed by atoms with Gasteiger partial charge < -0.3 is 66.6 Å². The number of hydrogen-bond donors (Lipinski definition) is 11. The van der Waals surface area contributed by atoms with Gasteiger partial charge in [-0.15, -0.1) is 0 Å². The molecule has 6 atom stereocenters. The highest BCUT2D eigenvalue weighted by Gasteiger charge is 2.40. The van der Waals surface area contributed by atoms with Gasteiger partial charge in [0.05, 0.1) is 116 Å². The van der Waals surface area contributed by atoms with Crippen LogP contribution >= 0.6 is 44.1 Å². The van der Waals surface area contributed by atoms with Crippen molar-refractivity contribution in [1.82, 2.24) is 46.2 Å². The Balaban J connectivity index is 0.000000150. The minimum atomic E-state index is -3.44. The Kier molecular flexibility index (Phi) is 28.1. The van der Waals surface area contributed by atoms with Crippen LogP contribution in [0.2, 0.25) is 0 Å². The molecule has 0 radical (unpaired) electrons. The van der Waals surface area contributed by atoms with Crippen LogP contribution in [0, 0.1) is 38.2 Å². The molecule has 608 valence electrons. The molecule has 7 aliphatic rings. The van der Waals surface area contributed by atoms with Crippen molar-refractivity contribution in [3.63, 3.8) is 0 Å². The number of thiocarbonyl (C=S) groups is 1. The van der Waals surface area contributed by atoms with Gasteiger partial charge in [-0.2, -0.15) is 0 Å². The number of rotatable bonds is 18. The minimum absolute atomic E-state index is 0.0139. The van der Waals surface area contributed by atoms with Crippen molar-refractivity contribution in [2.24, 2.45) is 15.9 Å². The number of hydroxylamine groups is 2. The first kappa shape index (κ1) is 86.7. The minimum Gasteiger partial charge on any atom is -0.423 e. The van der Waals surface area contributed by atoms with Crippen LogP contribution < -0.4 is 44.8 Å². The lowest BCUT2D eigenvalue weighted by atomic mass is 9.80. The highest BCUT2D eigenvalue weighted by atomic mass is 79.9. The molecule has 114 heavy (non-hydrogen) atoms. The fraction of sp³-hybridized carbons (Fsp3) is 0.400. The third-order valence-corrected chi connectivity index (χ3v) is 24.9. The first-order valence-electron chi connectivity index (χ1n) is 36.1. The Morgan fingerprint density at radius 2 is 1.07 bits per heavy atom. The number of benzene rings is 5. The summed E-state index contributed by atoms with van der Waals surface area (Å²) in [5.41, 5.74) is 33.2. The highest BCUT2D eigenvalue weighted by molar-refractivity contribution is 9.10. The van der Waals surface area contributed by atoms with E-state index in [0.717, 1.165) is 39.3 Å². The standard InChI is InChI=1S/C26H28FN5O5S.C20H23BrFN5O3.C14H12BrFN4S.C9H11BO4S.C6H13NO3/c1-14-24-23(31-26(28)29-14)11-22(30-25(24)32-37-13-17(34)12-33)20-8-5-16(27)10-21(20)15-3-2-4-19(9-15)38(35,36)18-6-7-18;1-10-17-16(26-19(23)24-10)7-15(13-5-4-11(22)6-14(13)21)25-18(17)27-29-9-12-8-28-20(2,3)30-12;1-6-12-11(20-14(17)18-6)5-10(19-13(12)21)8-3-2-7(16)4-9(8)15;11-10(12)7-2-1-3-9(6-7)15(13,14)8-4-5-8;1-6(2)8-3-5(10-6)4-9-7/h2-5,8-10,17-18,22,33-34H,6-7,11-13H2,1H3,(H,30,32)(H2,28,29,31);4-6,12,15H,7-9H2,1-3H3,(H,25,27)(H2,23,24,26);2-4,10H,5H2,1H3,(H,19,21)(H2,17,18,20);1-3,6,8,11-12H,4-5H2;5H,3-4,7H2,1-2H3/t17-,22+;12-,15+;10-;;5-/m001.0/s1. The second-order valence-corrected chi connectivity index (χ2v) is 35.1. The number of nitrogens with two attached hydrogens (primary N) is 4. The van der Waals surface area contributed by atoms with Crippen LogP contribution in [-0.2, 0) is 72.4 Å². The molecule has 0 bridgehead atoms. The van der Waals surface area contributed by atoms with E-state index in [1.807, 2.05) is 41.5 Å². The molecule has 0 amide bonds. The predicted molar refractivity (Wildman–Crippen MR) is 429 cm³/mol. The van der Waals surface area contributed by atoms with E-state index in [9.17, 15) is 35.1 Å². The number of halogens is 5. The third-order valence-electron chi connectivity index (χ3n) is 18.7. The first-order valence-corrected chi connectivity index (χ1v) is 41.2. The molecule has 0 spiro atoms. The number of nitrogens with zero attached hydrogens (tertiary/aromatic N) is 8. The fourth-order valence-electron chi connectivity index (χ4n) is 13.1. The number of aliphatic imine (C=N–C) groups is 2. The van der Waals surface area contributed by atoms with E-state index in [1.165, 1.54) is 60.7 Å². The summed E-state index contributed by atoms with van der Waals surface area (Å²) < 4.78 is 114. The summed E-state index contributed by atoms with van der Waals surface area (Å²) in [6.07, 6.45) is 2.85. The van der Waals surface area contributed by atoms with E-state index in [-0.39, 0.29) is 92.7 Å². The molecule has 0 unspecified atom stereocenters. The second kappa shape index (κ2) is 37.0. The van der Waals surface area contributed by atoms with Gasteiger partial charge in [0, 0.05) is 28.2 Å². The molecule has 2 saturated carbocycles. The number of nitrogens with one attached hydrogen (secondary N) is 3. The highest BCUT2D eigenvalue weighted by Crippen LogP contribution is 2.41. The summed E-state index contributed by atoms with van der Waals surface area (Å²) in [7, 11) is -8.31. The molecule has 15 rings (SSSR count). The summed E-state index contributed by atoms with van der Waals surface area (Å²) >= 11 is 12.2. The van der Waals surface area contributed by atoms with Crippen molar-refractivity contribution < 1.29 is 83.7 Å². The van der Waals surface area contributed by atoms with Crippen molar-refractivity contribution in [3.05, 3.63) is 197 Å². The van der Waals surface area contributed by atoms with Crippen LogP contribution in [0.1, 0.15) is 139 Å². The molecule has 8 aromatic rings. The molecule has 5 aliphatic heterocycles. The van der Waals surface area contributed by atoms with E-state index >= 15 is 0 Å². The Bertz CT molecular complexity index is 5180. The molecular formula is C75H87BBr2F3N15O15S3. The maximum Gasteiger partial charge on any atom is 0.488 e. The van der Waals surface area contributed by atoms with Crippen molar-refractivity contribution in [3.8, 4) is 11.1 Å². The summed E-state index contributed by atoms with van der Waals surface area (Å²) in [6.45, 7) is 13.9. The molecule has 5 aromatic carbocycles. The average molecular weight is 1760 g/mol. The SMILES string of the molecule is CC1(C)OC[C@@H](CON)O1.Cc1nc(N)nc2c1C(=S)N[C@@H](c1ccc(F)cc1Br)C2.Cc1nc(N)nc2c1C(NOC[C@@H](O)CO)=N[C@@H](c1ccc(F)cc1-c1cccc(S(=O)(=O)C3CC3)c1)C2.Cc1nc(N)nc2c1C(NOC[C@@H]1COC(C)(C)O1)=N[C@@H](c1ccc(F)cc1Br)C2.O=S(=O)(c1cccc(B(O)O)c1)C1CC1. The zero-order chi connectivity index (χ0) is 82.3. The molecule has 30 nitrogen and oxygen atoms in total. The van der Waals surface area contributed by atoms with Crippen LogP contribution in [0.5, 0.6) is 0 Å². The van der Waals surface area contributed by atoms with Crippen molar-refractivity contribution in [2.45, 2.75) is 162 Å². The van der Waals surface area contributed by atoms with Crippen LogP contribution in [0.3, 0.4) is 0 Å². The molecule has 2 aliphatic carbocycles. The van der Waals surface area contributed by atoms with Gasteiger partial charge in [-0.25, -0.2) is 76.8 Å². The van der Waals surface area contributed by atoms with E-state index in [0.29, 0.717) is 130 Å². The van der Waals surface area contributed by atoms with E-state index < -0.39 is 62.9 Å². The number of amidine groups is 2. The largest absolute Gasteiger partial charge is 0.488 e. The van der Waals surface area contributed by atoms with Crippen LogP contribution in [0.15, 0.2) is 132 Å². The van der Waals surface area contributed by atoms with Crippen molar-refractivity contribution in [1.29, 1.82) is 0 Å². The van der Waals surface area contributed by atoms with Gasteiger partial charge in [0.25, 0.3) is 0 Å². The molecule has 2 saturated heterocycles. The molecule has 15 N–H and O–H groups in total. The quantitative estimate of drug-likeness (QED) is 0.0230. The number of nitrogen functional groups attached to an aromatic ring is 3. The number of aliphatic hydroxyl groups is 2. The number of anilines is 3. The molecule has 4 fully saturated rings. The Morgan fingerprint density at radius 3 is 1.55 bits per heavy atom. The topological polar surface area (TPSA) is 456 Å². The third kappa shape index (κ3) is 21.9. The van der Waals surface area contributed by atoms with Crippen LogP contribution in [0.25, 0.3) is 11.1 Å². The van der Waals surface area contributed by atoms with Gasteiger partial charge in [0.1, 0.15) is 54.0 Å². The summed E-state index contributed by atoms with van der Waals surface area (Å²) in [4.78, 5) is 51.8. The maximum absolute atomic E-state index is 14.5. The Hall–Kier alpha value is -8.20. The number of ether oxygens (including phenoxy) is 4. The number of aliphatic hydroxyl groups excluding tert-OH is 2. The fourth-order valence-corrected chi connectivity index (χ4v) is 18.2. The van der Waals surface area contributed by atoms with Crippen molar-refractivity contribution in [2.75, 3.05) is 56.8 Å². The zero-order valence-electron chi connectivity index (χ0n) is 63.0. The monoisotopic (exact) mass is 1760 g/mol. The second-order valence-electron chi connectivity index (χ2n) is 28.5. The van der Waals surface area contributed by atoms with E-state index in [4.69, 9.17) is 89.1 Å². The first-order chi connectivity index (χ1) is 54.0. The summed E-state index contributed by atoms with van der Waals surface area (Å²) in [5, 5.41) is 39.2. The lowest BCUT2D eigenvalue weighted by Crippen LogP contribution is -2.36. The van der Waals surface area contributed by atoms with Gasteiger partial charge in [0.15, 0.2) is 42.9 Å². The predicted octanol–water partition coefficient (Wildman–Crippen LogP) is 7.18. The van der Waals surface area contributed by atoms with Crippen LogP contribution in [0.4, 0.5) is 31.0 Å². The van der Waals surface area contributed by atoms with E-state index in [2.05, 4.69) is 82.9 Å². The molecule has 8 heterocycles. The lowest BCUT2D eigenvalue weighted by molar-refractivity contribution is -0.147. The van der Waals surface area contributed by atoms with Gasteiger partial charge in [-0.05, 0) is 168 Å². The Labute approximate surface area is 679 Å². The summed E-state index contributed by atoms with van der Waals surface area (Å²) in [6, 6.07) is 24.9. The van der Waals surface area contributed by atoms with Gasteiger partial charge >= 0.3 is 7.12 Å². The number of aromatic nitrogens is 6. The number of sulfone groups is 2. The average Bonchev–Trinajstić information content (AvgIpc) is 1.15. The van der Waals surface area contributed by atoms with Crippen molar-refractivity contribution >= 4 is 111 Å². The summed E-state index contributed by atoms with van der Waals surface area (Å²) in [5.74, 6) is 4.01. The van der Waals surface area contributed by atoms with E-state index in [1.54, 1.807) is 49.4 Å². The Morgan fingerprint density at radius 1 is 0.614 bits per heavy atom. The maximum atomic E-state index is 14.5. The number of hydrogen-bond acceptors (Lipinski definition) is 30. The number of aryl methyl sites for hydroxylation is 3. The number of fused-ring (bicyclic) bond motifs is 3. The van der Waals surface area contributed by atoms with Gasteiger partial charge in [-0.3, -0.25) is 19.7 Å². The molecule has 3 aromatic heterocycles. The molecule has 39 heteroatoms. The lowest BCUT2D eigenvalue weighted by Gasteiger charge is -2.28. The van der Waals surface area contributed by atoms with Crippen LogP contribution in [-0.4, -0.2) is 171 Å². The molecular weight excluding hydrogens is 1670 g/mol. The smallest absolute Gasteiger partial charge is 0.423 e.